The van der Waals surface area contributed by atoms with Crippen molar-refractivity contribution in [1.82, 2.24) is 10.2 Å². The largest absolute Gasteiger partial charge is 0.468 e. The number of piperidine rings is 1. The molecule has 0 bridgehead atoms. The molecule has 1 heterocycles. The molecule has 0 radical (unpaired) electrons. The van der Waals surface area contributed by atoms with Crippen molar-refractivity contribution in [3.63, 3.8) is 0 Å². The van der Waals surface area contributed by atoms with Crippen molar-refractivity contribution < 1.29 is 9.53 Å². The van der Waals surface area contributed by atoms with Crippen LogP contribution in [0.3, 0.4) is 0 Å². The molecule has 1 fully saturated rings. The lowest BCUT2D eigenvalue weighted by atomic mass is 10.0. The van der Waals surface area contributed by atoms with Gasteiger partial charge in [-0.3, -0.25) is 9.69 Å². The number of rotatable bonds is 5. The Kier molecular flexibility index (Phi) is 5.65. The summed E-state index contributed by atoms with van der Waals surface area (Å²) < 4.78 is 4.72. The van der Waals surface area contributed by atoms with Gasteiger partial charge in [0.15, 0.2) is 0 Å². The number of carbonyl (C=O) groups excluding carboxylic acids is 1. The summed E-state index contributed by atoms with van der Waals surface area (Å²) >= 11 is 0. The van der Waals surface area contributed by atoms with Crippen LogP contribution in [0.1, 0.15) is 26.2 Å². The number of ether oxygens (including phenoxy) is 1. The van der Waals surface area contributed by atoms with Crippen LogP contribution >= 0.6 is 0 Å². The van der Waals surface area contributed by atoms with Gasteiger partial charge in [-0.15, -0.1) is 0 Å². The van der Waals surface area contributed by atoms with Crippen molar-refractivity contribution in [2.45, 2.75) is 32.2 Å². The van der Waals surface area contributed by atoms with Crippen molar-refractivity contribution in [1.29, 1.82) is 0 Å². The molecular weight excluding hydrogens is 192 g/mol. The molecule has 0 aromatic heterocycles. The molecule has 0 amide bonds. The fourth-order valence-electron chi connectivity index (χ4n) is 2.08. The number of hydrogen-bond donors (Lipinski definition) is 1. The highest BCUT2D eigenvalue weighted by molar-refractivity contribution is 5.71. The van der Waals surface area contributed by atoms with Crippen molar-refractivity contribution in [3.8, 4) is 0 Å². The second-order valence-electron chi connectivity index (χ2n) is 4.03. The minimum atomic E-state index is -0.123. The SMILES string of the molecule is CCCN(CC(=O)OC)C1CCNCC1. The van der Waals surface area contributed by atoms with Gasteiger partial charge in [-0.1, -0.05) is 6.92 Å². The molecule has 88 valence electrons. The fraction of sp³-hybridized carbons (Fsp3) is 0.909. The number of carbonyl (C=O) groups is 1. The first-order valence-electron chi connectivity index (χ1n) is 5.79. The summed E-state index contributed by atoms with van der Waals surface area (Å²) in [6.45, 7) is 5.69. The molecule has 1 N–H and O–H groups in total. The Bertz CT molecular complexity index is 191. The second-order valence-corrected chi connectivity index (χ2v) is 4.03. The van der Waals surface area contributed by atoms with E-state index in [1.54, 1.807) is 0 Å². The summed E-state index contributed by atoms with van der Waals surface area (Å²) in [5, 5.41) is 3.34. The lowest BCUT2D eigenvalue weighted by Crippen LogP contribution is -2.45. The number of methoxy groups -OCH3 is 1. The van der Waals surface area contributed by atoms with E-state index in [4.69, 9.17) is 4.74 Å². The Hall–Kier alpha value is -0.610. The molecule has 0 spiro atoms. The van der Waals surface area contributed by atoms with Crippen LogP contribution in [0.4, 0.5) is 0 Å². The number of nitrogens with zero attached hydrogens (tertiary/aromatic N) is 1. The molecule has 15 heavy (non-hydrogen) atoms. The van der Waals surface area contributed by atoms with Crippen LogP contribution in [-0.4, -0.2) is 50.2 Å². The topological polar surface area (TPSA) is 41.6 Å². The van der Waals surface area contributed by atoms with E-state index in [0.29, 0.717) is 12.6 Å². The highest BCUT2D eigenvalue weighted by atomic mass is 16.5. The Labute approximate surface area is 92.0 Å². The van der Waals surface area contributed by atoms with Gasteiger partial charge < -0.3 is 10.1 Å². The predicted octanol–water partition coefficient (Wildman–Crippen LogP) is 0.623. The summed E-state index contributed by atoms with van der Waals surface area (Å²) in [4.78, 5) is 13.5. The van der Waals surface area contributed by atoms with Gasteiger partial charge in [-0.2, -0.15) is 0 Å². The maximum atomic E-state index is 11.3. The Morgan fingerprint density at radius 1 is 1.47 bits per heavy atom. The molecule has 4 heteroatoms. The van der Waals surface area contributed by atoms with Gasteiger partial charge in [0, 0.05) is 6.04 Å². The number of hydrogen-bond acceptors (Lipinski definition) is 4. The van der Waals surface area contributed by atoms with E-state index in [0.717, 1.165) is 38.9 Å². The molecular formula is C11H22N2O2. The van der Waals surface area contributed by atoms with E-state index in [1.165, 1.54) is 7.11 Å². The molecule has 1 aliphatic heterocycles. The first kappa shape index (κ1) is 12.5. The molecule has 1 saturated heterocycles. The minimum absolute atomic E-state index is 0.123. The van der Waals surface area contributed by atoms with Gasteiger partial charge in [0.05, 0.1) is 13.7 Å². The van der Waals surface area contributed by atoms with Crippen molar-refractivity contribution in [3.05, 3.63) is 0 Å². The van der Waals surface area contributed by atoms with Crippen LogP contribution in [0.25, 0.3) is 0 Å². The van der Waals surface area contributed by atoms with Crippen LogP contribution in [0.2, 0.25) is 0 Å². The lowest BCUT2D eigenvalue weighted by molar-refractivity contribution is -0.142. The molecule has 0 saturated carbocycles. The maximum absolute atomic E-state index is 11.3. The van der Waals surface area contributed by atoms with Gasteiger partial charge >= 0.3 is 5.97 Å². The summed E-state index contributed by atoms with van der Waals surface area (Å²) in [5.41, 5.74) is 0. The second kappa shape index (κ2) is 6.80. The molecule has 0 unspecified atom stereocenters. The molecule has 4 nitrogen and oxygen atoms in total. The van der Waals surface area contributed by atoms with Crippen LogP contribution < -0.4 is 5.32 Å². The van der Waals surface area contributed by atoms with Crippen LogP contribution in [0.15, 0.2) is 0 Å². The summed E-state index contributed by atoms with van der Waals surface area (Å²) in [6.07, 6.45) is 3.36. The summed E-state index contributed by atoms with van der Waals surface area (Å²) in [7, 11) is 1.45. The zero-order valence-electron chi connectivity index (χ0n) is 9.79. The van der Waals surface area contributed by atoms with Crippen molar-refractivity contribution in [2.75, 3.05) is 33.3 Å². The normalized spacial score (nSPS) is 18.1. The van der Waals surface area contributed by atoms with E-state index in [2.05, 4.69) is 17.1 Å². The van der Waals surface area contributed by atoms with Crippen LogP contribution in [0, 0.1) is 0 Å². The van der Waals surface area contributed by atoms with Gasteiger partial charge in [-0.25, -0.2) is 0 Å². The number of nitrogens with one attached hydrogen (secondary N) is 1. The van der Waals surface area contributed by atoms with Gasteiger partial charge in [0.2, 0.25) is 0 Å². The predicted molar refractivity (Wildman–Crippen MR) is 59.8 cm³/mol. The molecule has 0 aromatic carbocycles. The fourth-order valence-corrected chi connectivity index (χ4v) is 2.08. The standard InChI is InChI=1S/C11H22N2O2/c1-3-8-13(9-11(14)15-2)10-4-6-12-7-5-10/h10,12H,3-9H2,1-2H3. The quantitative estimate of drug-likeness (QED) is 0.681. The third-order valence-corrected chi connectivity index (χ3v) is 2.90. The Morgan fingerprint density at radius 2 is 2.13 bits per heavy atom. The van der Waals surface area contributed by atoms with Gasteiger partial charge in [0.25, 0.3) is 0 Å². The third kappa shape index (κ3) is 4.18. The first-order chi connectivity index (χ1) is 7.27. The van der Waals surface area contributed by atoms with Gasteiger partial charge in [0.1, 0.15) is 0 Å². The zero-order chi connectivity index (χ0) is 11.1. The Balaban J connectivity index is 2.43. The Morgan fingerprint density at radius 3 is 2.67 bits per heavy atom. The van der Waals surface area contributed by atoms with E-state index in [9.17, 15) is 4.79 Å². The zero-order valence-corrected chi connectivity index (χ0v) is 9.79. The van der Waals surface area contributed by atoms with Crippen molar-refractivity contribution >= 4 is 5.97 Å². The molecule has 0 aromatic rings. The van der Waals surface area contributed by atoms with Crippen LogP contribution in [0.5, 0.6) is 0 Å². The van der Waals surface area contributed by atoms with E-state index in [-0.39, 0.29) is 5.97 Å². The monoisotopic (exact) mass is 214 g/mol. The molecule has 0 atom stereocenters. The van der Waals surface area contributed by atoms with Crippen molar-refractivity contribution in [2.24, 2.45) is 0 Å². The van der Waals surface area contributed by atoms with E-state index in [1.807, 2.05) is 0 Å². The average molecular weight is 214 g/mol. The highest BCUT2D eigenvalue weighted by Crippen LogP contribution is 2.12. The highest BCUT2D eigenvalue weighted by Gasteiger charge is 2.22. The molecule has 0 aliphatic carbocycles. The molecule has 1 aliphatic rings. The number of esters is 1. The lowest BCUT2D eigenvalue weighted by Gasteiger charge is -2.33. The average Bonchev–Trinajstić information content (AvgIpc) is 2.29. The minimum Gasteiger partial charge on any atom is -0.468 e. The molecule has 1 rings (SSSR count). The maximum Gasteiger partial charge on any atom is 0.319 e. The summed E-state index contributed by atoms with van der Waals surface area (Å²) in [6, 6.07) is 0.547. The van der Waals surface area contributed by atoms with Gasteiger partial charge in [-0.05, 0) is 38.9 Å². The smallest absolute Gasteiger partial charge is 0.319 e. The van der Waals surface area contributed by atoms with Crippen LogP contribution in [-0.2, 0) is 9.53 Å². The van der Waals surface area contributed by atoms with E-state index >= 15 is 0 Å². The first-order valence-corrected chi connectivity index (χ1v) is 5.79. The van der Waals surface area contributed by atoms with E-state index < -0.39 is 0 Å². The summed E-state index contributed by atoms with van der Waals surface area (Å²) in [5.74, 6) is -0.123. The third-order valence-electron chi connectivity index (χ3n) is 2.90.